The summed E-state index contributed by atoms with van der Waals surface area (Å²) < 4.78 is 0. The van der Waals surface area contributed by atoms with Crippen LogP contribution < -0.4 is 12.0 Å². The zero-order valence-electron chi connectivity index (χ0n) is 4.32. The number of halogens is 1. The molecule has 0 aliphatic heterocycles. The molecule has 0 bridgehead atoms. The van der Waals surface area contributed by atoms with Crippen molar-refractivity contribution in [2.45, 2.75) is 0 Å². The van der Waals surface area contributed by atoms with E-state index >= 15 is 0 Å². The standard InChI is InChI=1S/C3H5N3.ClH.H3N/c4-6-3-1-2-5-6;;/h1-3H,4H2;1H;1H3. The van der Waals surface area contributed by atoms with Gasteiger partial charge in [0.25, 0.3) is 0 Å². The maximum atomic E-state index is 5.08. The molecule has 1 aromatic rings. The maximum absolute atomic E-state index is 5.08. The van der Waals surface area contributed by atoms with Crippen LogP contribution in [0.15, 0.2) is 18.5 Å². The van der Waals surface area contributed by atoms with E-state index in [9.17, 15) is 0 Å². The zero-order chi connectivity index (χ0) is 4.41. The molecule has 5 heteroatoms. The monoisotopic (exact) mass is 136 g/mol. The Labute approximate surface area is 53.6 Å². The molecule has 8 heavy (non-hydrogen) atoms. The van der Waals surface area contributed by atoms with Crippen LogP contribution in [0.4, 0.5) is 0 Å². The molecule has 0 saturated carbocycles. The van der Waals surface area contributed by atoms with Crippen molar-refractivity contribution in [1.82, 2.24) is 16.0 Å². The summed E-state index contributed by atoms with van der Waals surface area (Å²) in [4.78, 5) is 1.25. The van der Waals surface area contributed by atoms with Crippen LogP contribution in [0.2, 0.25) is 0 Å². The lowest BCUT2D eigenvalue weighted by molar-refractivity contribution is 0.832. The maximum Gasteiger partial charge on any atom is 0.0510 e. The molecule has 1 aromatic heterocycles. The van der Waals surface area contributed by atoms with E-state index in [0.717, 1.165) is 0 Å². The van der Waals surface area contributed by atoms with Crippen molar-refractivity contribution in [2.75, 3.05) is 5.84 Å². The molecule has 48 valence electrons. The quantitative estimate of drug-likeness (QED) is 0.500. The highest BCUT2D eigenvalue weighted by Gasteiger charge is 1.69. The lowest BCUT2D eigenvalue weighted by Gasteiger charge is -1.78. The minimum Gasteiger partial charge on any atom is -0.344 e. The van der Waals surface area contributed by atoms with E-state index in [-0.39, 0.29) is 18.6 Å². The largest absolute Gasteiger partial charge is 0.344 e. The van der Waals surface area contributed by atoms with E-state index in [2.05, 4.69) is 5.10 Å². The van der Waals surface area contributed by atoms with Crippen molar-refractivity contribution in [3.63, 3.8) is 0 Å². The molecule has 0 spiro atoms. The number of rotatable bonds is 0. The van der Waals surface area contributed by atoms with Crippen LogP contribution in [-0.4, -0.2) is 9.89 Å². The number of nitrogens with zero attached hydrogens (tertiary/aromatic N) is 2. The molecule has 1 rings (SSSR count). The third kappa shape index (κ3) is 2.44. The van der Waals surface area contributed by atoms with Gasteiger partial charge in [-0.25, -0.2) is 0 Å². The first-order chi connectivity index (χ1) is 2.89. The topological polar surface area (TPSA) is 78.8 Å². The molecular formula is C3H9ClN4. The van der Waals surface area contributed by atoms with Gasteiger partial charge in [0.15, 0.2) is 0 Å². The molecule has 0 radical (unpaired) electrons. The van der Waals surface area contributed by atoms with Gasteiger partial charge in [0, 0.05) is 6.20 Å². The van der Waals surface area contributed by atoms with Crippen LogP contribution >= 0.6 is 12.4 Å². The van der Waals surface area contributed by atoms with Crippen molar-refractivity contribution in [3.8, 4) is 0 Å². The molecule has 0 unspecified atom stereocenters. The van der Waals surface area contributed by atoms with E-state index in [0.29, 0.717) is 0 Å². The second-order valence-electron chi connectivity index (χ2n) is 0.986. The Bertz CT molecular complexity index is 115. The molecule has 0 amide bonds. The Morgan fingerprint density at radius 2 is 2.12 bits per heavy atom. The third-order valence-corrected chi connectivity index (χ3v) is 0.525. The first-order valence-electron chi connectivity index (χ1n) is 1.64. The molecule has 0 fully saturated rings. The normalized spacial score (nSPS) is 6.50. The predicted molar refractivity (Wildman–Crippen MR) is 34.6 cm³/mol. The summed E-state index contributed by atoms with van der Waals surface area (Å²) in [5, 5.41) is 3.61. The Kier molecular flexibility index (Phi) is 5.68. The fourth-order valence-electron chi connectivity index (χ4n) is 0.281. The van der Waals surface area contributed by atoms with Gasteiger partial charge in [-0.05, 0) is 6.07 Å². The second-order valence-corrected chi connectivity index (χ2v) is 0.986. The SMILES string of the molecule is Cl.N.Nn1cccn1. The van der Waals surface area contributed by atoms with Crippen molar-refractivity contribution in [1.29, 1.82) is 0 Å². The summed E-state index contributed by atoms with van der Waals surface area (Å²) in [6, 6.07) is 1.76. The number of nitrogens with two attached hydrogens (primary N) is 1. The van der Waals surface area contributed by atoms with Gasteiger partial charge in [0.05, 0.1) is 6.20 Å². The number of nitrogen functional groups attached to an aromatic ring is 1. The van der Waals surface area contributed by atoms with E-state index in [4.69, 9.17) is 5.84 Å². The Hall–Kier alpha value is -0.740. The highest BCUT2D eigenvalue weighted by Crippen LogP contribution is 1.70. The molecule has 1 heterocycles. The number of hydrogen-bond donors (Lipinski definition) is 2. The average Bonchev–Trinajstić information content (AvgIpc) is 1.86. The lowest BCUT2D eigenvalue weighted by Crippen LogP contribution is -2.06. The zero-order valence-corrected chi connectivity index (χ0v) is 5.14. The first kappa shape index (κ1) is 10.3. The van der Waals surface area contributed by atoms with Crippen LogP contribution in [0.5, 0.6) is 0 Å². The van der Waals surface area contributed by atoms with Crippen LogP contribution in [-0.2, 0) is 0 Å². The van der Waals surface area contributed by atoms with Gasteiger partial charge in [-0.2, -0.15) is 9.89 Å². The molecule has 0 atom stereocenters. The Morgan fingerprint density at radius 3 is 2.25 bits per heavy atom. The first-order valence-corrected chi connectivity index (χ1v) is 1.64. The molecule has 4 nitrogen and oxygen atoms in total. The fourth-order valence-corrected chi connectivity index (χ4v) is 0.281. The highest BCUT2D eigenvalue weighted by atomic mass is 35.5. The lowest BCUT2D eigenvalue weighted by atomic mass is 10.8. The van der Waals surface area contributed by atoms with Gasteiger partial charge in [-0.3, -0.25) is 0 Å². The highest BCUT2D eigenvalue weighted by molar-refractivity contribution is 5.85. The van der Waals surface area contributed by atoms with Gasteiger partial charge in [-0.1, -0.05) is 0 Å². The number of aromatic nitrogens is 2. The third-order valence-electron chi connectivity index (χ3n) is 0.525. The van der Waals surface area contributed by atoms with Gasteiger partial charge < -0.3 is 12.0 Å². The predicted octanol–water partition coefficient (Wildman–Crippen LogP) is 0.181. The van der Waals surface area contributed by atoms with Crippen molar-refractivity contribution in [2.24, 2.45) is 0 Å². The van der Waals surface area contributed by atoms with Crippen molar-refractivity contribution < 1.29 is 0 Å². The van der Waals surface area contributed by atoms with E-state index in [1.54, 1.807) is 18.5 Å². The van der Waals surface area contributed by atoms with Crippen LogP contribution in [0.3, 0.4) is 0 Å². The smallest absolute Gasteiger partial charge is 0.0510 e. The summed E-state index contributed by atoms with van der Waals surface area (Å²) in [5.41, 5.74) is 0. The molecule has 5 N–H and O–H groups in total. The van der Waals surface area contributed by atoms with Crippen molar-refractivity contribution in [3.05, 3.63) is 18.5 Å². The summed E-state index contributed by atoms with van der Waals surface area (Å²) in [6.07, 6.45) is 3.29. The van der Waals surface area contributed by atoms with Gasteiger partial charge in [0.2, 0.25) is 0 Å². The Morgan fingerprint density at radius 1 is 1.50 bits per heavy atom. The molecule has 0 saturated heterocycles. The van der Waals surface area contributed by atoms with Crippen LogP contribution in [0.25, 0.3) is 0 Å². The van der Waals surface area contributed by atoms with Gasteiger partial charge in [-0.15, -0.1) is 12.4 Å². The minimum absolute atomic E-state index is 0. The second kappa shape index (κ2) is 4.42. The van der Waals surface area contributed by atoms with E-state index < -0.39 is 0 Å². The van der Waals surface area contributed by atoms with Crippen LogP contribution in [0, 0.1) is 0 Å². The van der Waals surface area contributed by atoms with Crippen LogP contribution in [0.1, 0.15) is 0 Å². The molecule has 0 aliphatic carbocycles. The molecule has 0 aliphatic rings. The average molecular weight is 137 g/mol. The van der Waals surface area contributed by atoms with Crippen molar-refractivity contribution >= 4 is 12.4 Å². The summed E-state index contributed by atoms with van der Waals surface area (Å²) >= 11 is 0. The summed E-state index contributed by atoms with van der Waals surface area (Å²) in [5.74, 6) is 5.08. The van der Waals surface area contributed by atoms with E-state index in [1.165, 1.54) is 4.79 Å². The molecular weight excluding hydrogens is 128 g/mol. The van der Waals surface area contributed by atoms with E-state index in [1.807, 2.05) is 0 Å². The summed E-state index contributed by atoms with van der Waals surface area (Å²) in [7, 11) is 0. The Balaban J connectivity index is 0. The number of hydrogen-bond acceptors (Lipinski definition) is 3. The molecule has 0 aromatic carbocycles. The van der Waals surface area contributed by atoms with Gasteiger partial charge >= 0.3 is 0 Å². The van der Waals surface area contributed by atoms with Gasteiger partial charge in [0.1, 0.15) is 0 Å². The minimum atomic E-state index is 0. The summed E-state index contributed by atoms with van der Waals surface area (Å²) in [6.45, 7) is 0. The fraction of sp³-hybridized carbons (Fsp3) is 0.